The van der Waals surface area contributed by atoms with Gasteiger partial charge in [0.05, 0.1) is 18.4 Å². The fourth-order valence-corrected chi connectivity index (χ4v) is 3.74. The van der Waals surface area contributed by atoms with Gasteiger partial charge >= 0.3 is 0 Å². The van der Waals surface area contributed by atoms with Gasteiger partial charge in [0.1, 0.15) is 23.1 Å². The van der Waals surface area contributed by atoms with Crippen molar-refractivity contribution in [2.24, 2.45) is 0 Å². The SMILES string of the molecule is COc1ccc(C2=C(Nc3cc(C)cc(C)c3)C(=O)N(c3cc(F)ccc3F)C2=O)cc1. The van der Waals surface area contributed by atoms with Gasteiger partial charge in [0.15, 0.2) is 0 Å². The fraction of sp³-hybridized carbons (Fsp3) is 0.120. The zero-order valence-electron chi connectivity index (χ0n) is 17.7. The molecule has 0 spiro atoms. The number of hydrogen-bond acceptors (Lipinski definition) is 4. The van der Waals surface area contributed by atoms with Crippen LogP contribution in [0.3, 0.4) is 0 Å². The highest BCUT2D eigenvalue weighted by molar-refractivity contribution is 6.46. The summed E-state index contributed by atoms with van der Waals surface area (Å²) in [7, 11) is 1.51. The van der Waals surface area contributed by atoms with E-state index >= 15 is 0 Å². The molecule has 0 fully saturated rings. The van der Waals surface area contributed by atoms with Crippen LogP contribution >= 0.6 is 0 Å². The number of halogens is 2. The minimum Gasteiger partial charge on any atom is -0.497 e. The molecule has 0 bridgehead atoms. The number of ether oxygens (including phenoxy) is 1. The molecule has 0 atom stereocenters. The van der Waals surface area contributed by atoms with E-state index in [2.05, 4.69) is 5.32 Å². The minimum absolute atomic E-state index is 0.0196. The predicted molar refractivity (Wildman–Crippen MR) is 118 cm³/mol. The van der Waals surface area contributed by atoms with E-state index in [1.54, 1.807) is 24.3 Å². The minimum atomic E-state index is -0.880. The number of nitrogens with zero attached hydrogens (tertiary/aromatic N) is 1. The van der Waals surface area contributed by atoms with Crippen LogP contribution in [0.5, 0.6) is 5.75 Å². The third-order valence-corrected chi connectivity index (χ3v) is 5.10. The second-order valence-electron chi connectivity index (χ2n) is 7.52. The van der Waals surface area contributed by atoms with Crippen LogP contribution in [0.15, 0.2) is 66.4 Å². The molecule has 5 nitrogen and oxygen atoms in total. The van der Waals surface area contributed by atoms with Gasteiger partial charge in [-0.3, -0.25) is 9.59 Å². The van der Waals surface area contributed by atoms with E-state index in [4.69, 9.17) is 4.74 Å². The first-order valence-electron chi connectivity index (χ1n) is 9.86. The van der Waals surface area contributed by atoms with Gasteiger partial charge in [-0.15, -0.1) is 0 Å². The predicted octanol–water partition coefficient (Wildman–Crippen LogP) is 4.99. The highest BCUT2D eigenvalue weighted by Crippen LogP contribution is 2.35. The topological polar surface area (TPSA) is 58.6 Å². The lowest BCUT2D eigenvalue weighted by molar-refractivity contribution is -0.120. The number of nitrogens with one attached hydrogen (secondary N) is 1. The number of aryl methyl sites for hydroxylation is 2. The van der Waals surface area contributed by atoms with Crippen LogP contribution < -0.4 is 15.0 Å². The number of carbonyl (C=O) groups is 2. The molecule has 7 heteroatoms. The van der Waals surface area contributed by atoms with Crippen LogP contribution in [0.4, 0.5) is 20.2 Å². The molecule has 0 radical (unpaired) electrons. The molecule has 3 aromatic carbocycles. The van der Waals surface area contributed by atoms with Crippen LogP contribution in [0.2, 0.25) is 0 Å². The van der Waals surface area contributed by atoms with Gasteiger partial charge in [-0.2, -0.15) is 0 Å². The number of anilines is 2. The lowest BCUT2D eigenvalue weighted by Crippen LogP contribution is -2.33. The Labute approximate surface area is 183 Å². The summed E-state index contributed by atoms with van der Waals surface area (Å²) < 4.78 is 33.5. The molecule has 0 aliphatic carbocycles. The van der Waals surface area contributed by atoms with Crippen molar-refractivity contribution in [2.45, 2.75) is 13.8 Å². The maximum Gasteiger partial charge on any atom is 0.282 e. The molecule has 1 N–H and O–H groups in total. The highest BCUT2D eigenvalue weighted by atomic mass is 19.1. The highest BCUT2D eigenvalue weighted by Gasteiger charge is 2.41. The molecule has 2 amide bonds. The summed E-state index contributed by atoms with van der Waals surface area (Å²) in [5.41, 5.74) is 2.56. The number of benzene rings is 3. The number of methoxy groups -OCH3 is 1. The first kappa shape index (κ1) is 21.2. The Bertz CT molecular complexity index is 1250. The molecular weight excluding hydrogens is 414 g/mol. The van der Waals surface area contributed by atoms with Crippen LogP contribution in [0.25, 0.3) is 5.57 Å². The Morgan fingerprint density at radius 3 is 2.12 bits per heavy atom. The maximum atomic E-state index is 14.5. The molecular formula is C25H20F2N2O3. The summed E-state index contributed by atoms with van der Waals surface area (Å²) in [5.74, 6) is -2.59. The van der Waals surface area contributed by atoms with Gasteiger partial charge in [0.2, 0.25) is 0 Å². The Kier molecular flexibility index (Phi) is 5.48. The second kappa shape index (κ2) is 8.26. The van der Waals surface area contributed by atoms with E-state index in [9.17, 15) is 18.4 Å². The Morgan fingerprint density at radius 2 is 1.50 bits per heavy atom. The molecule has 0 saturated carbocycles. The van der Waals surface area contributed by atoms with E-state index in [0.717, 1.165) is 29.3 Å². The van der Waals surface area contributed by atoms with Crippen LogP contribution in [-0.2, 0) is 9.59 Å². The van der Waals surface area contributed by atoms with E-state index in [0.29, 0.717) is 21.9 Å². The second-order valence-corrected chi connectivity index (χ2v) is 7.52. The number of amides is 2. The monoisotopic (exact) mass is 434 g/mol. The summed E-state index contributed by atoms with van der Waals surface area (Å²) in [6.07, 6.45) is 0. The molecule has 32 heavy (non-hydrogen) atoms. The van der Waals surface area contributed by atoms with Crippen molar-refractivity contribution in [1.82, 2.24) is 0 Å². The van der Waals surface area contributed by atoms with E-state index in [-0.39, 0.29) is 11.3 Å². The van der Waals surface area contributed by atoms with Crippen molar-refractivity contribution in [3.63, 3.8) is 0 Å². The molecule has 0 aromatic heterocycles. The van der Waals surface area contributed by atoms with E-state index in [1.165, 1.54) is 7.11 Å². The summed E-state index contributed by atoms with van der Waals surface area (Å²) in [6.45, 7) is 3.82. The maximum absolute atomic E-state index is 14.5. The molecule has 162 valence electrons. The van der Waals surface area contributed by atoms with Gasteiger partial charge in [-0.1, -0.05) is 18.2 Å². The molecule has 1 aliphatic heterocycles. The quantitative estimate of drug-likeness (QED) is 0.575. The average Bonchev–Trinajstić information content (AvgIpc) is 2.98. The van der Waals surface area contributed by atoms with Crippen molar-refractivity contribution in [3.8, 4) is 5.75 Å². The third kappa shape index (κ3) is 3.85. The Balaban J connectivity index is 1.86. The number of imide groups is 1. The zero-order chi connectivity index (χ0) is 23.0. The molecule has 4 rings (SSSR count). The van der Waals surface area contributed by atoms with Crippen LogP contribution in [0, 0.1) is 25.5 Å². The average molecular weight is 434 g/mol. The van der Waals surface area contributed by atoms with Gasteiger partial charge in [0.25, 0.3) is 11.8 Å². The Hall–Kier alpha value is -4.00. The molecule has 3 aromatic rings. The zero-order valence-corrected chi connectivity index (χ0v) is 17.7. The van der Waals surface area contributed by atoms with Crippen molar-refractivity contribution in [1.29, 1.82) is 0 Å². The smallest absolute Gasteiger partial charge is 0.282 e. The van der Waals surface area contributed by atoms with Gasteiger partial charge in [-0.05, 0) is 66.9 Å². The third-order valence-electron chi connectivity index (χ3n) is 5.10. The molecule has 0 unspecified atom stereocenters. The molecule has 1 aliphatic rings. The summed E-state index contributed by atoms with van der Waals surface area (Å²) in [4.78, 5) is 27.3. The van der Waals surface area contributed by atoms with Crippen molar-refractivity contribution >= 4 is 28.8 Å². The van der Waals surface area contributed by atoms with E-state index in [1.807, 2.05) is 32.0 Å². The number of hydrogen-bond donors (Lipinski definition) is 1. The lowest BCUT2D eigenvalue weighted by atomic mass is 10.0. The molecule has 0 saturated heterocycles. The Morgan fingerprint density at radius 1 is 0.844 bits per heavy atom. The normalized spacial score (nSPS) is 13.7. The van der Waals surface area contributed by atoms with E-state index < -0.39 is 29.1 Å². The van der Waals surface area contributed by atoms with Gasteiger partial charge in [0, 0.05) is 11.8 Å². The summed E-state index contributed by atoms with van der Waals surface area (Å²) in [6, 6.07) is 14.8. The number of rotatable bonds is 5. The number of carbonyl (C=O) groups excluding carboxylic acids is 2. The van der Waals surface area contributed by atoms with Crippen molar-refractivity contribution < 1.29 is 23.1 Å². The van der Waals surface area contributed by atoms with Crippen LogP contribution in [0.1, 0.15) is 16.7 Å². The first-order valence-corrected chi connectivity index (χ1v) is 9.86. The summed E-state index contributed by atoms with van der Waals surface area (Å²) >= 11 is 0. The van der Waals surface area contributed by atoms with Crippen molar-refractivity contribution in [3.05, 3.63) is 94.7 Å². The lowest BCUT2D eigenvalue weighted by Gasteiger charge is -2.16. The fourth-order valence-electron chi connectivity index (χ4n) is 3.74. The van der Waals surface area contributed by atoms with Crippen molar-refractivity contribution in [2.75, 3.05) is 17.3 Å². The molecule has 1 heterocycles. The largest absolute Gasteiger partial charge is 0.497 e. The summed E-state index contributed by atoms with van der Waals surface area (Å²) in [5, 5.41) is 3.03. The standard InChI is InChI=1S/C25H20F2N2O3/c1-14-10-15(2)12-18(11-14)28-23-22(16-4-7-19(32-3)8-5-16)24(30)29(25(23)31)21-13-17(26)6-9-20(21)27/h4-13,28H,1-3H3. The van der Waals surface area contributed by atoms with Crippen LogP contribution in [-0.4, -0.2) is 18.9 Å². The first-order chi connectivity index (χ1) is 15.3. The van der Waals surface area contributed by atoms with Gasteiger partial charge in [-0.25, -0.2) is 13.7 Å². The van der Waals surface area contributed by atoms with Gasteiger partial charge < -0.3 is 10.1 Å².